The number of likely N-dealkylation sites (tertiary alicyclic amines) is 1. The second kappa shape index (κ2) is 14.6. The highest BCUT2D eigenvalue weighted by Crippen LogP contribution is 2.30. The Morgan fingerprint density at radius 1 is 1.05 bits per heavy atom. The van der Waals surface area contributed by atoms with Gasteiger partial charge in [-0.1, -0.05) is 56.5 Å². The fourth-order valence-electron chi connectivity index (χ4n) is 6.55. The molecule has 1 aliphatic heterocycles. The summed E-state index contributed by atoms with van der Waals surface area (Å²) in [6, 6.07) is 10.9. The van der Waals surface area contributed by atoms with Crippen molar-refractivity contribution >= 4 is 23.5 Å². The van der Waals surface area contributed by atoms with Gasteiger partial charge in [0.1, 0.15) is 11.7 Å². The molecule has 2 aliphatic rings. The van der Waals surface area contributed by atoms with Crippen molar-refractivity contribution in [2.75, 3.05) is 26.2 Å². The molecule has 10 nitrogen and oxygen atoms in total. The zero-order valence-electron chi connectivity index (χ0n) is 25.5. The largest absolute Gasteiger partial charge is 0.343 e. The monoisotopic (exact) mass is 587 g/mol. The van der Waals surface area contributed by atoms with Crippen molar-refractivity contribution in [2.24, 2.45) is 5.92 Å². The van der Waals surface area contributed by atoms with Crippen LogP contribution in [0.4, 0.5) is 0 Å². The quantitative estimate of drug-likeness (QED) is 0.336. The smallest absolute Gasteiger partial charge is 0.274 e. The first-order valence-electron chi connectivity index (χ1n) is 15.9. The molecule has 43 heavy (non-hydrogen) atoms. The first-order chi connectivity index (χ1) is 20.9. The molecule has 1 saturated heterocycles. The summed E-state index contributed by atoms with van der Waals surface area (Å²) in [6.07, 6.45) is 12.8. The normalized spacial score (nSPS) is 18.8. The van der Waals surface area contributed by atoms with E-state index < -0.39 is 6.04 Å². The van der Waals surface area contributed by atoms with Gasteiger partial charge in [-0.25, -0.2) is 9.97 Å². The number of carbonyl (C=O) groups excluding carboxylic acids is 3. The lowest BCUT2D eigenvalue weighted by Gasteiger charge is -2.37. The van der Waals surface area contributed by atoms with Gasteiger partial charge in [0, 0.05) is 44.3 Å². The van der Waals surface area contributed by atoms with Crippen molar-refractivity contribution in [3.8, 4) is 0 Å². The molecular formula is C33H45N7O3. The van der Waals surface area contributed by atoms with Crippen molar-refractivity contribution in [3.05, 3.63) is 66.2 Å². The van der Waals surface area contributed by atoms with Crippen LogP contribution in [0.25, 0.3) is 5.78 Å². The molecule has 3 heterocycles. The molecular weight excluding hydrogens is 542 g/mol. The van der Waals surface area contributed by atoms with Crippen LogP contribution < -0.4 is 10.6 Å². The second-order valence-electron chi connectivity index (χ2n) is 11.9. The van der Waals surface area contributed by atoms with E-state index in [-0.39, 0.29) is 35.7 Å². The highest BCUT2D eigenvalue weighted by atomic mass is 16.2. The fraction of sp³-hybridized carbons (Fsp3) is 0.545. The summed E-state index contributed by atoms with van der Waals surface area (Å²) in [6.45, 7) is 6.04. The van der Waals surface area contributed by atoms with E-state index in [1.165, 1.54) is 6.42 Å². The van der Waals surface area contributed by atoms with E-state index in [0.717, 1.165) is 44.1 Å². The minimum Gasteiger partial charge on any atom is -0.343 e. The van der Waals surface area contributed by atoms with Gasteiger partial charge in [-0.15, -0.1) is 0 Å². The lowest BCUT2D eigenvalue weighted by atomic mass is 9.83. The van der Waals surface area contributed by atoms with Crippen LogP contribution in [0.1, 0.15) is 74.8 Å². The number of nitrogens with zero attached hydrogens (tertiary/aromatic N) is 5. The fourth-order valence-corrected chi connectivity index (χ4v) is 6.55. The Balaban J connectivity index is 1.36. The summed E-state index contributed by atoms with van der Waals surface area (Å²) < 4.78 is 1.75. The van der Waals surface area contributed by atoms with Crippen molar-refractivity contribution < 1.29 is 14.4 Å². The van der Waals surface area contributed by atoms with Crippen LogP contribution in [-0.2, 0) is 16.0 Å². The van der Waals surface area contributed by atoms with Gasteiger partial charge in [0.15, 0.2) is 0 Å². The van der Waals surface area contributed by atoms with Crippen molar-refractivity contribution in [2.45, 2.75) is 83.3 Å². The predicted molar refractivity (Wildman–Crippen MR) is 165 cm³/mol. The third-order valence-electron chi connectivity index (χ3n) is 8.94. The standard InChI is InChI=1S/C33H45N7O3/c1-3-34-24(2)30(41)37-29(26-14-8-5-9-15-26)32(43)40-20-10-16-27(40)22-38(21-17-25-12-6-4-7-13-25)31(42)28-23-39-19-11-18-35-33(39)36-28/h4,6-7,11-13,18-19,23-24,26-27,29,34H,3,5,8-10,14-17,20-22H2,1-2H3,(H,37,41)/t24-,27-,29-/m0/s1. The van der Waals surface area contributed by atoms with Gasteiger partial charge in [-0.3, -0.25) is 18.8 Å². The maximum Gasteiger partial charge on any atom is 0.274 e. The van der Waals surface area contributed by atoms with Gasteiger partial charge in [-0.05, 0) is 63.1 Å². The highest BCUT2D eigenvalue weighted by Gasteiger charge is 2.39. The van der Waals surface area contributed by atoms with Crippen LogP contribution >= 0.6 is 0 Å². The molecule has 5 rings (SSSR count). The number of hydrogen-bond acceptors (Lipinski definition) is 6. The van der Waals surface area contributed by atoms with E-state index in [4.69, 9.17) is 0 Å². The van der Waals surface area contributed by atoms with E-state index in [0.29, 0.717) is 44.1 Å². The molecule has 230 valence electrons. The van der Waals surface area contributed by atoms with Gasteiger partial charge in [0.2, 0.25) is 17.6 Å². The zero-order chi connectivity index (χ0) is 30.2. The Kier molecular flexibility index (Phi) is 10.4. The van der Waals surface area contributed by atoms with Crippen LogP contribution in [0.3, 0.4) is 0 Å². The summed E-state index contributed by atoms with van der Waals surface area (Å²) in [5.41, 5.74) is 1.48. The van der Waals surface area contributed by atoms with E-state index in [1.54, 1.807) is 22.9 Å². The minimum atomic E-state index is -0.549. The zero-order valence-corrected chi connectivity index (χ0v) is 25.5. The number of carbonyl (C=O) groups is 3. The number of fused-ring (bicyclic) bond motifs is 1. The Labute approximate surface area is 254 Å². The summed E-state index contributed by atoms with van der Waals surface area (Å²) in [7, 11) is 0. The summed E-state index contributed by atoms with van der Waals surface area (Å²) in [5.74, 6) is 0.281. The number of aromatic nitrogens is 3. The maximum absolute atomic E-state index is 14.3. The van der Waals surface area contributed by atoms with Gasteiger partial charge in [0.25, 0.3) is 5.91 Å². The molecule has 2 aromatic heterocycles. The number of amides is 3. The second-order valence-corrected chi connectivity index (χ2v) is 11.9. The lowest BCUT2D eigenvalue weighted by Crippen LogP contribution is -2.57. The average molecular weight is 588 g/mol. The van der Waals surface area contributed by atoms with E-state index >= 15 is 0 Å². The third kappa shape index (κ3) is 7.60. The van der Waals surface area contributed by atoms with Gasteiger partial charge >= 0.3 is 0 Å². The summed E-state index contributed by atoms with van der Waals surface area (Å²) in [4.78, 5) is 53.8. The predicted octanol–water partition coefficient (Wildman–Crippen LogP) is 3.47. The molecule has 1 saturated carbocycles. The van der Waals surface area contributed by atoms with Crippen LogP contribution in [0, 0.1) is 5.92 Å². The molecule has 0 radical (unpaired) electrons. The van der Waals surface area contributed by atoms with E-state index in [2.05, 4.69) is 32.7 Å². The third-order valence-corrected chi connectivity index (χ3v) is 8.94. The Bertz CT molecular complexity index is 1340. The van der Waals surface area contributed by atoms with Crippen molar-refractivity contribution in [3.63, 3.8) is 0 Å². The first kappa shape index (κ1) is 30.7. The number of likely N-dealkylation sites (N-methyl/N-ethyl adjacent to an activating group) is 1. The Morgan fingerprint density at radius 2 is 1.84 bits per heavy atom. The number of hydrogen-bond donors (Lipinski definition) is 2. The Hall–Kier alpha value is -3.79. The van der Waals surface area contributed by atoms with Crippen LogP contribution in [0.15, 0.2) is 55.0 Å². The van der Waals surface area contributed by atoms with Crippen molar-refractivity contribution in [1.29, 1.82) is 0 Å². The molecule has 0 spiro atoms. The molecule has 3 atom stereocenters. The van der Waals surface area contributed by atoms with Gasteiger partial charge in [-0.2, -0.15) is 0 Å². The highest BCUT2D eigenvalue weighted by molar-refractivity contribution is 5.93. The molecule has 2 N–H and O–H groups in total. The molecule has 3 aromatic rings. The number of benzene rings is 1. The average Bonchev–Trinajstić information content (AvgIpc) is 3.69. The number of rotatable bonds is 12. The van der Waals surface area contributed by atoms with Crippen LogP contribution in [0.2, 0.25) is 0 Å². The SMILES string of the molecule is CCN[C@@H](C)C(=O)N[C@H](C(=O)N1CCC[C@H]1CN(CCc1ccccc1)C(=O)c1cn2cccnc2n1)C1CCCCC1. The van der Waals surface area contributed by atoms with Gasteiger partial charge in [0.05, 0.1) is 6.04 Å². The van der Waals surface area contributed by atoms with Crippen LogP contribution in [0.5, 0.6) is 0 Å². The maximum atomic E-state index is 14.3. The minimum absolute atomic E-state index is 0.0150. The van der Waals surface area contributed by atoms with Crippen molar-refractivity contribution in [1.82, 2.24) is 34.8 Å². The molecule has 1 aliphatic carbocycles. The molecule has 0 unspecified atom stereocenters. The summed E-state index contributed by atoms with van der Waals surface area (Å²) in [5, 5.41) is 6.31. The molecule has 2 fully saturated rings. The molecule has 10 heteroatoms. The molecule has 0 bridgehead atoms. The van der Waals surface area contributed by atoms with Crippen LogP contribution in [-0.4, -0.2) is 86.2 Å². The first-order valence-corrected chi connectivity index (χ1v) is 15.9. The number of nitrogens with one attached hydrogen (secondary N) is 2. The lowest BCUT2D eigenvalue weighted by molar-refractivity contribution is -0.139. The Morgan fingerprint density at radius 3 is 2.58 bits per heavy atom. The van der Waals surface area contributed by atoms with E-state index in [9.17, 15) is 14.4 Å². The number of imidazole rings is 1. The van der Waals surface area contributed by atoms with E-state index in [1.807, 2.05) is 48.0 Å². The summed E-state index contributed by atoms with van der Waals surface area (Å²) >= 11 is 0. The molecule has 1 aromatic carbocycles. The molecule has 3 amide bonds. The van der Waals surface area contributed by atoms with Gasteiger partial charge < -0.3 is 20.4 Å². The topological polar surface area (TPSA) is 112 Å².